The van der Waals surface area contributed by atoms with Gasteiger partial charge in [-0.2, -0.15) is 0 Å². The van der Waals surface area contributed by atoms with E-state index in [1.54, 1.807) is 0 Å². The summed E-state index contributed by atoms with van der Waals surface area (Å²) in [5.74, 6) is 0. The van der Waals surface area contributed by atoms with Crippen molar-refractivity contribution in [3.05, 3.63) is 0 Å². The smallest absolute Gasteiger partial charge is 0.171 e. The van der Waals surface area contributed by atoms with Crippen molar-refractivity contribution in [3.63, 3.8) is 0 Å². The zero-order valence-corrected chi connectivity index (χ0v) is 6.50. The van der Waals surface area contributed by atoms with Gasteiger partial charge >= 0.3 is 0 Å². The number of hydrogen-bond donors (Lipinski definition) is 5. The molecule has 1 aliphatic heterocycles. The Hall–Kier alpha value is -0.240. The lowest BCUT2D eigenvalue weighted by Crippen LogP contribution is -2.65. The summed E-state index contributed by atoms with van der Waals surface area (Å²) in [5, 5.41) is 27.1. The molecule has 0 saturated carbocycles. The first kappa shape index (κ1) is 9.85. The Labute approximate surface area is 69.7 Å². The van der Waals surface area contributed by atoms with Crippen molar-refractivity contribution < 1.29 is 20.1 Å². The Morgan fingerprint density at radius 1 is 1.17 bits per heavy atom. The van der Waals surface area contributed by atoms with Crippen LogP contribution >= 0.6 is 0 Å². The van der Waals surface area contributed by atoms with Gasteiger partial charge in [0.15, 0.2) is 6.29 Å². The molecule has 0 radical (unpaired) electrons. The summed E-state index contributed by atoms with van der Waals surface area (Å²) >= 11 is 0. The van der Waals surface area contributed by atoms with Crippen LogP contribution in [0.4, 0.5) is 0 Å². The highest BCUT2D eigenvalue weighted by Crippen LogP contribution is 2.16. The van der Waals surface area contributed by atoms with E-state index in [4.69, 9.17) is 26.4 Å². The van der Waals surface area contributed by atoms with Crippen molar-refractivity contribution >= 4 is 0 Å². The Balaban J connectivity index is 2.63. The molecule has 1 aliphatic rings. The van der Waals surface area contributed by atoms with Gasteiger partial charge in [0.2, 0.25) is 0 Å². The van der Waals surface area contributed by atoms with Crippen LogP contribution < -0.4 is 11.5 Å². The summed E-state index contributed by atoms with van der Waals surface area (Å²) in [6.45, 7) is -0.390. The summed E-state index contributed by atoms with van der Waals surface area (Å²) in [6.07, 6.45) is -3.11. The van der Waals surface area contributed by atoms with Crippen LogP contribution in [0.3, 0.4) is 0 Å². The maximum absolute atomic E-state index is 9.32. The molecule has 5 atom stereocenters. The minimum atomic E-state index is -1.22. The van der Waals surface area contributed by atoms with Crippen LogP contribution in [0.5, 0.6) is 0 Å². The van der Waals surface area contributed by atoms with Gasteiger partial charge < -0.3 is 31.5 Å². The van der Waals surface area contributed by atoms with Crippen LogP contribution in [0.15, 0.2) is 0 Å². The predicted octanol–water partition coefficient (Wildman–Crippen LogP) is -3.29. The first-order valence-corrected chi connectivity index (χ1v) is 3.71. The lowest BCUT2D eigenvalue weighted by Gasteiger charge is -2.38. The third kappa shape index (κ3) is 1.58. The third-order valence-electron chi connectivity index (χ3n) is 2.04. The molecule has 6 nitrogen and oxygen atoms in total. The molecule has 0 amide bonds. The van der Waals surface area contributed by atoms with E-state index in [2.05, 4.69) is 0 Å². The maximum atomic E-state index is 9.32. The summed E-state index contributed by atoms with van der Waals surface area (Å²) in [4.78, 5) is 0. The van der Waals surface area contributed by atoms with Crippen molar-refractivity contribution in [2.24, 2.45) is 11.5 Å². The molecular formula is C6H14N2O4. The molecule has 1 fully saturated rings. The lowest BCUT2D eigenvalue weighted by molar-refractivity contribution is -0.221. The van der Waals surface area contributed by atoms with Crippen LogP contribution in [0, 0.1) is 0 Å². The van der Waals surface area contributed by atoms with Gasteiger partial charge in [0.25, 0.3) is 0 Å². The molecule has 3 unspecified atom stereocenters. The van der Waals surface area contributed by atoms with E-state index in [0.717, 1.165) is 0 Å². The van der Waals surface area contributed by atoms with Crippen LogP contribution in [-0.2, 0) is 4.74 Å². The third-order valence-corrected chi connectivity index (χ3v) is 2.04. The number of aliphatic hydroxyl groups is 3. The van der Waals surface area contributed by atoms with Crippen molar-refractivity contribution in [2.45, 2.75) is 30.6 Å². The molecule has 0 bridgehead atoms. The standard InChI is InChI=1S/C6H14N2O4/c7-3-4(8)6(11)12-2(1-9)5(3)10/h2-6,9-11H,1,7-8H2/t2?,3-,4?,5+,6?/m0/s1. The van der Waals surface area contributed by atoms with Gasteiger partial charge in [0.1, 0.15) is 6.10 Å². The summed E-state index contributed by atoms with van der Waals surface area (Å²) in [7, 11) is 0. The maximum Gasteiger partial charge on any atom is 0.171 e. The first-order chi connectivity index (χ1) is 5.57. The number of ether oxygens (including phenoxy) is 1. The topological polar surface area (TPSA) is 122 Å². The van der Waals surface area contributed by atoms with E-state index in [9.17, 15) is 5.11 Å². The minimum absolute atomic E-state index is 0.390. The number of aliphatic hydroxyl groups excluding tert-OH is 3. The summed E-state index contributed by atoms with van der Waals surface area (Å²) in [5.41, 5.74) is 10.8. The zero-order valence-electron chi connectivity index (χ0n) is 6.50. The zero-order chi connectivity index (χ0) is 9.30. The Bertz CT molecular complexity index is 152. The molecule has 0 aromatic carbocycles. The lowest BCUT2D eigenvalue weighted by atomic mass is 9.96. The van der Waals surface area contributed by atoms with E-state index in [-0.39, 0.29) is 0 Å². The number of nitrogens with two attached hydrogens (primary N) is 2. The van der Waals surface area contributed by atoms with Crippen molar-refractivity contribution in [3.8, 4) is 0 Å². The summed E-state index contributed by atoms with van der Waals surface area (Å²) in [6, 6.07) is -1.59. The number of rotatable bonds is 1. The largest absolute Gasteiger partial charge is 0.394 e. The predicted molar refractivity (Wildman–Crippen MR) is 39.9 cm³/mol. The fourth-order valence-corrected chi connectivity index (χ4v) is 1.17. The molecule has 1 heterocycles. The van der Waals surface area contributed by atoms with Gasteiger partial charge in [0, 0.05) is 0 Å². The second-order valence-electron chi connectivity index (χ2n) is 2.89. The minimum Gasteiger partial charge on any atom is -0.394 e. The Morgan fingerprint density at radius 3 is 2.25 bits per heavy atom. The quantitative estimate of drug-likeness (QED) is 0.287. The SMILES string of the molecule is NC1C(O)OC(CO)[C@@H](O)[C@H]1N. The fourth-order valence-electron chi connectivity index (χ4n) is 1.17. The molecule has 7 N–H and O–H groups in total. The van der Waals surface area contributed by atoms with Gasteiger partial charge in [-0.3, -0.25) is 0 Å². The molecular weight excluding hydrogens is 164 g/mol. The normalized spacial score (nSPS) is 49.2. The first-order valence-electron chi connectivity index (χ1n) is 3.71. The molecule has 1 saturated heterocycles. The van der Waals surface area contributed by atoms with Crippen LogP contribution in [0.1, 0.15) is 0 Å². The monoisotopic (exact) mass is 178 g/mol. The van der Waals surface area contributed by atoms with Gasteiger partial charge in [-0.15, -0.1) is 0 Å². The van der Waals surface area contributed by atoms with Crippen molar-refractivity contribution in [2.75, 3.05) is 6.61 Å². The van der Waals surface area contributed by atoms with E-state index in [0.29, 0.717) is 0 Å². The molecule has 1 rings (SSSR count). The molecule has 0 aromatic heterocycles. The van der Waals surface area contributed by atoms with Gasteiger partial charge in [-0.1, -0.05) is 0 Å². The Morgan fingerprint density at radius 2 is 1.75 bits per heavy atom. The van der Waals surface area contributed by atoms with Gasteiger partial charge in [-0.05, 0) is 0 Å². The highest BCUT2D eigenvalue weighted by molar-refractivity contribution is 4.93. The average molecular weight is 178 g/mol. The molecule has 6 heteroatoms. The molecule has 72 valence electrons. The highest BCUT2D eigenvalue weighted by Gasteiger charge is 2.40. The molecule has 12 heavy (non-hydrogen) atoms. The van der Waals surface area contributed by atoms with E-state index in [1.165, 1.54) is 0 Å². The Kier molecular flexibility index (Phi) is 2.99. The van der Waals surface area contributed by atoms with Crippen LogP contribution in [0.2, 0.25) is 0 Å². The van der Waals surface area contributed by atoms with Gasteiger partial charge in [0.05, 0.1) is 24.8 Å². The number of hydrogen-bond acceptors (Lipinski definition) is 6. The average Bonchev–Trinajstić information content (AvgIpc) is 2.08. The molecule has 0 aliphatic carbocycles. The molecule has 0 spiro atoms. The second kappa shape index (κ2) is 3.65. The fraction of sp³-hybridized carbons (Fsp3) is 1.00. The van der Waals surface area contributed by atoms with Crippen LogP contribution in [-0.4, -0.2) is 52.5 Å². The molecule has 0 aromatic rings. The second-order valence-corrected chi connectivity index (χ2v) is 2.89. The van der Waals surface area contributed by atoms with E-state index >= 15 is 0 Å². The van der Waals surface area contributed by atoms with E-state index < -0.39 is 37.2 Å². The highest BCUT2D eigenvalue weighted by atomic mass is 16.6. The van der Waals surface area contributed by atoms with Crippen molar-refractivity contribution in [1.29, 1.82) is 0 Å². The van der Waals surface area contributed by atoms with Gasteiger partial charge in [-0.25, -0.2) is 0 Å². The van der Waals surface area contributed by atoms with Crippen LogP contribution in [0.25, 0.3) is 0 Å². The van der Waals surface area contributed by atoms with Crippen molar-refractivity contribution in [1.82, 2.24) is 0 Å². The summed E-state index contributed by atoms with van der Waals surface area (Å²) < 4.78 is 4.78. The van der Waals surface area contributed by atoms with E-state index in [1.807, 2.05) is 0 Å².